The molecule has 2 aromatic rings. The lowest BCUT2D eigenvalue weighted by molar-refractivity contribution is -0.154. The van der Waals surface area contributed by atoms with Crippen molar-refractivity contribution in [3.8, 4) is 11.5 Å². The molecule has 3 rings (SSSR count). The summed E-state index contributed by atoms with van der Waals surface area (Å²) >= 11 is 0. The summed E-state index contributed by atoms with van der Waals surface area (Å²) in [6.07, 6.45) is 0.918. The van der Waals surface area contributed by atoms with Gasteiger partial charge >= 0.3 is 11.9 Å². The molecule has 7 heteroatoms. The van der Waals surface area contributed by atoms with Crippen LogP contribution >= 0.6 is 0 Å². The molecule has 0 spiro atoms. The van der Waals surface area contributed by atoms with E-state index in [9.17, 15) is 19.5 Å². The lowest BCUT2D eigenvalue weighted by Gasteiger charge is -2.44. The first-order valence-electron chi connectivity index (χ1n) is 10.9. The van der Waals surface area contributed by atoms with Crippen LogP contribution in [0.3, 0.4) is 0 Å². The maximum absolute atomic E-state index is 13.2. The lowest BCUT2D eigenvalue weighted by atomic mass is 9.61. The SMILES string of the molecule is CCCN(Cc1ccc(Oc2ccccc2)cc1)C(=O)C1CC(CC(=O)O)C1CC(=O)O. The first-order chi connectivity index (χ1) is 15.4. The van der Waals surface area contributed by atoms with Crippen LogP contribution in [0.15, 0.2) is 54.6 Å². The van der Waals surface area contributed by atoms with Crippen LogP contribution in [0.5, 0.6) is 11.5 Å². The predicted molar refractivity (Wildman–Crippen MR) is 118 cm³/mol. The number of rotatable bonds is 11. The zero-order chi connectivity index (χ0) is 23.1. The molecule has 0 radical (unpaired) electrons. The van der Waals surface area contributed by atoms with Gasteiger partial charge in [-0.1, -0.05) is 37.3 Å². The number of hydrogen-bond acceptors (Lipinski definition) is 4. The second-order valence-corrected chi connectivity index (χ2v) is 8.28. The molecule has 0 saturated heterocycles. The average molecular weight is 440 g/mol. The highest BCUT2D eigenvalue weighted by atomic mass is 16.5. The first kappa shape index (κ1) is 23.3. The van der Waals surface area contributed by atoms with Gasteiger partial charge in [0, 0.05) is 31.8 Å². The number of carbonyl (C=O) groups is 3. The van der Waals surface area contributed by atoms with Crippen molar-refractivity contribution in [2.24, 2.45) is 17.8 Å². The summed E-state index contributed by atoms with van der Waals surface area (Å²) in [6, 6.07) is 17.0. The molecule has 170 valence electrons. The Morgan fingerprint density at radius 1 is 0.938 bits per heavy atom. The summed E-state index contributed by atoms with van der Waals surface area (Å²) in [5.41, 5.74) is 0.948. The number of carboxylic acid groups (broad SMARTS) is 2. The highest BCUT2D eigenvalue weighted by Crippen LogP contribution is 2.45. The maximum Gasteiger partial charge on any atom is 0.303 e. The summed E-state index contributed by atoms with van der Waals surface area (Å²) in [6.45, 7) is 2.96. The Balaban J connectivity index is 1.65. The van der Waals surface area contributed by atoms with E-state index in [1.54, 1.807) is 4.90 Å². The maximum atomic E-state index is 13.2. The van der Waals surface area contributed by atoms with Crippen LogP contribution < -0.4 is 4.74 Å². The fourth-order valence-electron chi connectivity index (χ4n) is 4.34. The van der Waals surface area contributed by atoms with Crippen molar-refractivity contribution in [2.45, 2.75) is 39.2 Å². The molecule has 0 heterocycles. The van der Waals surface area contributed by atoms with Crippen LogP contribution in [0.25, 0.3) is 0 Å². The Morgan fingerprint density at radius 3 is 2.16 bits per heavy atom. The fourth-order valence-corrected chi connectivity index (χ4v) is 4.34. The summed E-state index contributed by atoms with van der Waals surface area (Å²) in [5.74, 6) is -1.75. The number of nitrogens with zero attached hydrogens (tertiary/aromatic N) is 1. The van der Waals surface area contributed by atoms with Crippen LogP contribution in [-0.4, -0.2) is 39.5 Å². The van der Waals surface area contributed by atoms with Crippen molar-refractivity contribution in [2.75, 3.05) is 6.54 Å². The minimum atomic E-state index is -1.00. The van der Waals surface area contributed by atoms with Crippen molar-refractivity contribution < 1.29 is 29.3 Å². The average Bonchev–Trinajstić information content (AvgIpc) is 2.76. The molecule has 1 aliphatic carbocycles. The van der Waals surface area contributed by atoms with Gasteiger partial charge in [-0.15, -0.1) is 0 Å². The number of hydrogen-bond donors (Lipinski definition) is 2. The molecule has 0 aromatic heterocycles. The van der Waals surface area contributed by atoms with E-state index >= 15 is 0 Å². The van der Waals surface area contributed by atoms with Gasteiger partial charge in [-0.3, -0.25) is 14.4 Å². The highest BCUT2D eigenvalue weighted by Gasteiger charge is 2.47. The van der Waals surface area contributed by atoms with Gasteiger partial charge in [0.25, 0.3) is 0 Å². The zero-order valence-corrected chi connectivity index (χ0v) is 18.1. The predicted octanol–water partition coefficient (Wildman–Crippen LogP) is 4.42. The molecule has 3 unspecified atom stereocenters. The fraction of sp³-hybridized carbons (Fsp3) is 0.400. The largest absolute Gasteiger partial charge is 0.481 e. The van der Waals surface area contributed by atoms with Gasteiger partial charge in [0.2, 0.25) is 5.91 Å². The van der Waals surface area contributed by atoms with Gasteiger partial charge in [-0.05, 0) is 54.5 Å². The summed E-state index contributed by atoms with van der Waals surface area (Å²) in [5, 5.41) is 18.3. The Morgan fingerprint density at radius 2 is 1.56 bits per heavy atom. The second kappa shape index (κ2) is 10.8. The topological polar surface area (TPSA) is 104 Å². The van der Waals surface area contributed by atoms with Gasteiger partial charge in [0.1, 0.15) is 11.5 Å². The lowest BCUT2D eigenvalue weighted by Crippen LogP contribution is -2.49. The van der Waals surface area contributed by atoms with E-state index in [1.165, 1.54) is 0 Å². The number of aliphatic carboxylic acids is 2. The quantitative estimate of drug-likeness (QED) is 0.537. The molecule has 1 fully saturated rings. The standard InChI is InChI=1S/C25H29NO6/c1-2-12-26(25(31)22-13-18(14-23(27)28)21(22)15-24(29)30)16-17-8-10-20(11-9-17)32-19-6-4-3-5-7-19/h3-11,18,21-22H,2,12-16H2,1H3,(H,27,28)(H,29,30). The number of benzene rings is 2. The van der Waals surface area contributed by atoms with Crippen LogP contribution in [-0.2, 0) is 20.9 Å². The molecule has 32 heavy (non-hydrogen) atoms. The number of carboxylic acids is 2. The molecular formula is C25H29NO6. The minimum absolute atomic E-state index is 0.0932. The minimum Gasteiger partial charge on any atom is -0.481 e. The summed E-state index contributed by atoms with van der Waals surface area (Å²) in [4.78, 5) is 37.3. The van der Waals surface area contributed by atoms with Crippen LogP contribution in [0, 0.1) is 17.8 Å². The molecule has 2 aromatic carbocycles. The van der Waals surface area contributed by atoms with Crippen molar-refractivity contribution in [1.82, 2.24) is 4.90 Å². The monoisotopic (exact) mass is 439 g/mol. The normalized spacial score (nSPS) is 19.6. The number of carbonyl (C=O) groups excluding carboxylic acids is 1. The van der Waals surface area contributed by atoms with Gasteiger partial charge in [0.15, 0.2) is 0 Å². The molecule has 1 saturated carbocycles. The molecule has 1 amide bonds. The van der Waals surface area contributed by atoms with Gasteiger partial charge in [-0.2, -0.15) is 0 Å². The van der Waals surface area contributed by atoms with E-state index in [4.69, 9.17) is 9.84 Å². The highest BCUT2D eigenvalue weighted by molar-refractivity contribution is 5.82. The molecule has 0 aliphatic heterocycles. The Bertz CT molecular complexity index is 927. The van der Waals surface area contributed by atoms with E-state index in [0.717, 1.165) is 17.7 Å². The summed E-state index contributed by atoms with van der Waals surface area (Å²) < 4.78 is 5.81. The Labute approximate surface area is 187 Å². The molecule has 3 atom stereocenters. The van der Waals surface area contributed by atoms with Gasteiger partial charge in [-0.25, -0.2) is 0 Å². The smallest absolute Gasteiger partial charge is 0.303 e. The van der Waals surface area contributed by atoms with Crippen molar-refractivity contribution in [3.63, 3.8) is 0 Å². The Hall–Kier alpha value is -3.35. The molecule has 0 bridgehead atoms. The van der Waals surface area contributed by atoms with E-state index < -0.39 is 23.8 Å². The zero-order valence-electron chi connectivity index (χ0n) is 18.1. The third-order valence-electron chi connectivity index (χ3n) is 5.92. The first-order valence-corrected chi connectivity index (χ1v) is 10.9. The van der Waals surface area contributed by atoms with E-state index in [2.05, 4.69) is 0 Å². The number of ether oxygens (including phenoxy) is 1. The molecule has 7 nitrogen and oxygen atoms in total. The van der Waals surface area contributed by atoms with Crippen LogP contribution in [0.2, 0.25) is 0 Å². The second-order valence-electron chi connectivity index (χ2n) is 8.28. The number of amides is 1. The third kappa shape index (κ3) is 6.09. The molecule has 1 aliphatic rings. The molecule has 2 N–H and O–H groups in total. The van der Waals surface area contributed by atoms with Gasteiger partial charge < -0.3 is 19.8 Å². The number of para-hydroxylation sites is 1. The van der Waals surface area contributed by atoms with Crippen LogP contribution in [0.4, 0.5) is 0 Å². The van der Waals surface area contributed by atoms with Crippen molar-refractivity contribution in [1.29, 1.82) is 0 Å². The van der Waals surface area contributed by atoms with E-state index in [-0.39, 0.29) is 24.7 Å². The van der Waals surface area contributed by atoms with Crippen LogP contribution in [0.1, 0.15) is 38.2 Å². The van der Waals surface area contributed by atoms with E-state index in [1.807, 2.05) is 61.5 Å². The van der Waals surface area contributed by atoms with Crippen molar-refractivity contribution in [3.05, 3.63) is 60.2 Å². The summed E-state index contributed by atoms with van der Waals surface area (Å²) in [7, 11) is 0. The van der Waals surface area contributed by atoms with Crippen molar-refractivity contribution >= 4 is 17.8 Å². The third-order valence-corrected chi connectivity index (χ3v) is 5.92. The Kier molecular flexibility index (Phi) is 7.87. The van der Waals surface area contributed by atoms with E-state index in [0.29, 0.717) is 25.3 Å². The molecular weight excluding hydrogens is 410 g/mol. The van der Waals surface area contributed by atoms with Gasteiger partial charge in [0.05, 0.1) is 0 Å².